The summed E-state index contributed by atoms with van der Waals surface area (Å²) in [5.74, 6) is 0.658. The number of piperidine rings is 1. The van der Waals surface area contributed by atoms with Gasteiger partial charge in [-0.3, -0.25) is 9.69 Å². The van der Waals surface area contributed by atoms with Crippen molar-refractivity contribution in [1.82, 2.24) is 10.2 Å². The van der Waals surface area contributed by atoms with E-state index in [0.29, 0.717) is 24.4 Å². The van der Waals surface area contributed by atoms with Gasteiger partial charge < -0.3 is 10.4 Å². The predicted molar refractivity (Wildman–Crippen MR) is 78.3 cm³/mol. The number of amides is 1. The third-order valence-electron chi connectivity index (χ3n) is 5.26. The summed E-state index contributed by atoms with van der Waals surface area (Å²) in [5.41, 5.74) is 0. The normalized spacial score (nSPS) is 35.1. The van der Waals surface area contributed by atoms with E-state index < -0.39 is 0 Å². The molecule has 0 spiro atoms. The van der Waals surface area contributed by atoms with E-state index in [1.165, 1.54) is 25.7 Å². The summed E-state index contributed by atoms with van der Waals surface area (Å²) in [6.07, 6.45) is 9.84. The van der Waals surface area contributed by atoms with E-state index in [1.807, 2.05) is 0 Å². The van der Waals surface area contributed by atoms with Crippen molar-refractivity contribution in [3.8, 4) is 0 Å². The first-order valence-corrected chi connectivity index (χ1v) is 8.45. The molecule has 1 amide bonds. The summed E-state index contributed by atoms with van der Waals surface area (Å²) >= 11 is 0. The molecule has 3 aliphatic rings. The Labute approximate surface area is 121 Å². The van der Waals surface area contributed by atoms with E-state index in [4.69, 9.17) is 0 Å². The summed E-state index contributed by atoms with van der Waals surface area (Å²) in [7, 11) is 0. The fourth-order valence-corrected chi connectivity index (χ4v) is 3.97. The topological polar surface area (TPSA) is 52.6 Å². The molecule has 3 atom stereocenters. The maximum absolute atomic E-state index is 11.8. The lowest BCUT2D eigenvalue weighted by molar-refractivity contribution is -0.121. The summed E-state index contributed by atoms with van der Waals surface area (Å²) in [6.45, 7) is 1.97. The minimum absolute atomic E-state index is 0.110. The third kappa shape index (κ3) is 3.53. The summed E-state index contributed by atoms with van der Waals surface area (Å²) in [4.78, 5) is 14.3. The number of nitrogens with zero attached hydrogens (tertiary/aromatic N) is 1. The van der Waals surface area contributed by atoms with Gasteiger partial charge in [0, 0.05) is 31.0 Å². The Bertz CT molecular complexity index is 343. The molecule has 0 aromatic rings. The lowest BCUT2D eigenvalue weighted by Gasteiger charge is -2.40. The summed E-state index contributed by atoms with van der Waals surface area (Å²) < 4.78 is 0. The van der Waals surface area contributed by atoms with Crippen LogP contribution in [0.15, 0.2) is 0 Å². The highest BCUT2D eigenvalue weighted by atomic mass is 16.3. The lowest BCUT2D eigenvalue weighted by atomic mass is 9.87. The molecule has 0 aromatic heterocycles. The molecule has 2 aliphatic carbocycles. The molecule has 1 aliphatic heterocycles. The van der Waals surface area contributed by atoms with Gasteiger partial charge in [-0.1, -0.05) is 12.8 Å². The standard InChI is InChI=1S/C16H28N2O2/c19-15-6-3-4-13(15)14-5-1-2-10-18(14)11-9-16(20)17-12-7-8-12/h12-15,19H,1-11H2,(H,17,20). The number of aliphatic hydroxyl groups is 1. The number of hydrogen-bond acceptors (Lipinski definition) is 3. The van der Waals surface area contributed by atoms with Crippen LogP contribution in [0.4, 0.5) is 0 Å². The average molecular weight is 280 g/mol. The van der Waals surface area contributed by atoms with Crippen LogP contribution in [0.3, 0.4) is 0 Å². The first kappa shape index (κ1) is 14.3. The van der Waals surface area contributed by atoms with E-state index >= 15 is 0 Å². The molecule has 2 N–H and O–H groups in total. The molecule has 20 heavy (non-hydrogen) atoms. The monoisotopic (exact) mass is 280 g/mol. The van der Waals surface area contributed by atoms with Crippen LogP contribution < -0.4 is 5.32 Å². The second-order valence-corrected chi connectivity index (χ2v) is 6.85. The Morgan fingerprint density at radius 1 is 1.10 bits per heavy atom. The van der Waals surface area contributed by atoms with Crippen molar-refractivity contribution in [1.29, 1.82) is 0 Å². The molecule has 114 valence electrons. The van der Waals surface area contributed by atoms with Crippen molar-refractivity contribution in [2.45, 2.75) is 76.0 Å². The van der Waals surface area contributed by atoms with Crippen molar-refractivity contribution < 1.29 is 9.90 Å². The van der Waals surface area contributed by atoms with Crippen LogP contribution in [0.5, 0.6) is 0 Å². The molecular weight excluding hydrogens is 252 g/mol. The van der Waals surface area contributed by atoms with Gasteiger partial charge in [0.15, 0.2) is 0 Å². The van der Waals surface area contributed by atoms with Crippen LogP contribution in [0.2, 0.25) is 0 Å². The maximum atomic E-state index is 11.8. The molecule has 1 heterocycles. The van der Waals surface area contributed by atoms with Crippen molar-refractivity contribution in [3.05, 3.63) is 0 Å². The van der Waals surface area contributed by atoms with E-state index in [1.54, 1.807) is 0 Å². The van der Waals surface area contributed by atoms with Gasteiger partial charge in [-0.05, 0) is 45.1 Å². The number of hydrogen-bond donors (Lipinski definition) is 2. The second kappa shape index (κ2) is 6.44. The third-order valence-corrected chi connectivity index (χ3v) is 5.26. The highest BCUT2D eigenvalue weighted by Crippen LogP contribution is 2.35. The number of aliphatic hydroxyl groups excluding tert-OH is 1. The van der Waals surface area contributed by atoms with Crippen LogP contribution in [-0.4, -0.2) is 47.2 Å². The van der Waals surface area contributed by atoms with Crippen LogP contribution in [0, 0.1) is 5.92 Å². The van der Waals surface area contributed by atoms with Crippen LogP contribution in [0.1, 0.15) is 57.8 Å². The molecule has 0 bridgehead atoms. The van der Waals surface area contributed by atoms with E-state index in [0.717, 1.165) is 38.8 Å². The zero-order chi connectivity index (χ0) is 13.9. The molecule has 3 fully saturated rings. The minimum atomic E-state index is -0.110. The molecule has 3 rings (SSSR count). The van der Waals surface area contributed by atoms with Crippen LogP contribution >= 0.6 is 0 Å². The van der Waals surface area contributed by atoms with Crippen LogP contribution in [0.25, 0.3) is 0 Å². The first-order chi connectivity index (χ1) is 9.74. The highest BCUT2D eigenvalue weighted by Gasteiger charge is 2.36. The smallest absolute Gasteiger partial charge is 0.221 e. The van der Waals surface area contributed by atoms with Gasteiger partial charge in [0.2, 0.25) is 5.91 Å². The molecule has 2 saturated carbocycles. The molecule has 0 radical (unpaired) electrons. The SMILES string of the molecule is O=C(CCN1CCCCC1C1CCCC1O)NC1CC1. The number of carbonyl (C=O) groups excluding carboxylic acids is 1. The van der Waals surface area contributed by atoms with Crippen molar-refractivity contribution >= 4 is 5.91 Å². The average Bonchev–Trinajstić information content (AvgIpc) is 3.16. The van der Waals surface area contributed by atoms with Crippen molar-refractivity contribution in [2.24, 2.45) is 5.92 Å². The Morgan fingerprint density at radius 2 is 1.95 bits per heavy atom. The van der Waals surface area contributed by atoms with Gasteiger partial charge in [-0.25, -0.2) is 0 Å². The number of carbonyl (C=O) groups is 1. The Hall–Kier alpha value is -0.610. The van der Waals surface area contributed by atoms with Gasteiger partial charge >= 0.3 is 0 Å². The fraction of sp³-hybridized carbons (Fsp3) is 0.938. The second-order valence-electron chi connectivity index (χ2n) is 6.85. The molecule has 0 aromatic carbocycles. The molecule has 1 saturated heterocycles. The largest absolute Gasteiger partial charge is 0.393 e. The van der Waals surface area contributed by atoms with E-state index in [9.17, 15) is 9.90 Å². The number of nitrogens with one attached hydrogen (secondary N) is 1. The zero-order valence-electron chi connectivity index (χ0n) is 12.4. The van der Waals surface area contributed by atoms with Crippen molar-refractivity contribution in [3.63, 3.8) is 0 Å². The van der Waals surface area contributed by atoms with Gasteiger partial charge in [0.1, 0.15) is 0 Å². The fourth-order valence-electron chi connectivity index (χ4n) is 3.97. The minimum Gasteiger partial charge on any atom is -0.393 e. The van der Waals surface area contributed by atoms with Crippen LogP contribution in [-0.2, 0) is 4.79 Å². The Kier molecular flexibility index (Phi) is 4.61. The molecular formula is C16H28N2O2. The lowest BCUT2D eigenvalue weighted by Crippen LogP contribution is -2.47. The number of likely N-dealkylation sites (tertiary alicyclic amines) is 1. The van der Waals surface area contributed by atoms with E-state index in [-0.39, 0.29) is 12.0 Å². The van der Waals surface area contributed by atoms with Crippen molar-refractivity contribution in [2.75, 3.05) is 13.1 Å². The predicted octanol–water partition coefficient (Wildman–Crippen LogP) is 1.67. The zero-order valence-corrected chi connectivity index (χ0v) is 12.4. The summed E-state index contributed by atoms with van der Waals surface area (Å²) in [5, 5.41) is 13.2. The van der Waals surface area contributed by atoms with Gasteiger partial charge in [-0.15, -0.1) is 0 Å². The molecule has 4 nitrogen and oxygen atoms in total. The Morgan fingerprint density at radius 3 is 2.65 bits per heavy atom. The van der Waals surface area contributed by atoms with Gasteiger partial charge in [-0.2, -0.15) is 0 Å². The maximum Gasteiger partial charge on any atom is 0.221 e. The van der Waals surface area contributed by atoms with E-state index in [2.05, 4.69) is 10.2 Å². The highest BCUT2D eigenvalue weighted by molar-refractivity contribution is 5.76. The quantitative estimate of drug-likeness (QED) is 0.805. The number of rotatable bonds is 5. The Balaban J connectivity index is 1.50. The van der Waals surface area contributed by atoms with Gasteiger partial charge in [0.05, 0.1) is 6.10 Å². The van der Waals surface area contributed by atoms with Gasteiger partial charge in [0.25, 0.3) is 0 Å². The molecule has 3 unspecified atom stereocenters. The summed E-state index contributed by atoms with van der Waals surface area (Å²) in [6, 6.07) is 0.978. The molecule has 4 heteroatoms. The first-order valence-electron chi connectivity index (χ1n) is 8.45.